The Morgan fingerprint density at radius 3 is 2.54 bits per heavy atom. The molecule has 6 heteroatoms. The average Bonchev–Trinajstić information content (AvgIpc) is 3.29. The minimum absolute atomic E-state index is 0.0879. The number of hydrogen-bond acceptors (Lipinski definition) is 3. The normalized spacial score (nSPS) is 24.5. The fourth-order valence-electron chi connectivity index (χ4n) is 4.39. The molecule has 1 N–H and O–H groups in total. The van der Waals surface area contributed by atoms with Gasteiger partial charge in [0, 0.05) is 31.0 Å². The summed E-state index contributed by atoms with van der Waals surface area (Å²) in [7, 11) is 1.67. The first kappa shape index (κ1) is 16.9. The standard InChI is InChI=1S/C20H26N4O2/c1-26-19-7-3-15(4-8-19)9-11-21-20(25)24-16-5-6-17(24)14-18(13-16)23-12-2-10-22-23/h2-4,7-8,10,12,16-18H,5-6,9,11,13-14H2,1H3,(H,21,25). The maximum absolute atomic E-state index is 12.7. The van der Waals surface area contributed by atoms with Gasteiger partial charge in [-0.15, -0.1) is 0 Å². The zero-order chi connectivity index (χ0) is 17.9. The minimum Gasteiger partial charge on any atom is -0.497 e. The predicted molar refractivity (Wildman–Crippen MR) is 99.2 cm³/mol. The van der Waals surface area contributed by atoms with Gasteiger partial charge in [-0.1, -0.05) is 12.1 Å². The molecule has 138 valence electrons. The molecule has 1 aromatic heterocycles. The summed E-state index contributed by atoms with van der Waals surface area (Å²) in [6.07, 6.45) is 8.92. The SMILES string of the molecule is COc1ccc(CCNC(=O)N2C3CCC2CC(n2cccn2)C3)cc1. The van der Waals surface area contributed by atoms with Crippen LogP contribution in [-0.2, 0) is 6.42 Å². The molecule has 2 aliphatic heterocycles. The van der Waals surface area contributed by atoms with Crippen LogP contribution in [0.5, 0.6) is 5.75 Å². The molecule has 0 radical (unpaired) electrons. The van der Waals surface area contributed by atoms with E-state index in [0.29, 0.717) is 24.7 Å². The minimum atomic E-state index is 0.0879. The molecule has 2 saturated heterocycles. The molecular formula is C20H26N4O2. The highest BCUT2D eigenvalue weighted by Gasteiger charge is 2.43. The van der Waals surface area contributed by atoms with Crippen molar-refractivity contribution >= 4 is 6.03 Å². The number of carbonyl (C=O) groups excluding carboxylic acids is 1. The van der Waals surface area contributed by atoms with Crippen molar-refractivity contribution < 1.29 is 9.53 Å². The van der Waals surface area contributed by atoms with Crippen LogP contribution < -0.4 is 10.1 Å². The highest BCUT2D eigenvalue weighted by molar-refractivity contribution is 5.75. The number of ether oxygens (including phenoxy) is 1. The second-order valence-corrected chi connectivity index (χ2v) is 7.23. The zero-order valence-corrected chi connectivity index (χ0v) is 15.2. The second kappa shape index (κ2) is 7.40. The van der Waals surface area contributed by atoms with Gasteiger partial charge in [-0.25, -0.2) is 4.79 Å². The van der Waals surface area contributed by atoms with Crippen molar-refractivity contribution in [1.29, 1.82) is 0 Å². The first-order chi connectivity index (χ1) is 12.7. The fraction of sp³-hybridized carbons (Fsp3) is 0.500. The Balaban J connectivity index is 1.30. The molecule has 4 rings (SSSR count). The fourth-order valence-corrected chi connectivity index (χ4v) is 4.39. The van der Waals surface area contributed by atoms with Crippen molar-refractivity contribution in [3.63, 3.8) is 0 Å². The largest absolute Gasteiger partial charge is 0.497 e. The van der Waals surface area contributed by atoms with Crippen LogP contribution in [0.15, 0.2) is 42.7 Å². The van der Waals surface area contributed by atoms with Crippen LogP contribution in [0.1, 0.15) is 37.3 Å². The van der Waals surface area contributed by atoms with Crippen LogP contribution in [-0.4, -0.2) is 46.4 Å². The molecular weight excluding hydrogens is 328 g/mol. The lowest BCUT2D eigenvalue weighted by Gasteiger charge is -2.39. The van der Waals surface area contributed by atoms with E-state index in [9.17, 15) is 4.79 Å². The van der Waals surface area contributed by atoms with E-state index in [1.54, 1.807) is 7.11 Å². The van der Waals surface area contributed by atoms with Crippen LogP contribution in [0.4, 0.5) is 4.79 Å². The number of nitrogens with zero attached hydrogens (tertiary/aromatic N) is 3. The van der Waals surface area contributed by atoms with Crippen LogP contribution in [0.25, 0.3) is 0 Å². The highest BCUT2D eigenvalue weighted by Crippen LogP contribution is 2.40. The van der Waals surface area contributed by atoms with Gasteiger partial charge in [0.15, 0.2) is 0 Å². The molecule has 2 aromatic rings. The van der Waals surface area contributed by atoms with Crippen molar-refractivity contribution in [3.05, 3.63) is 48.3 Å². The summed E-state index contributed by atoms with van der Waals surface area (Å²) in [4.78, 5) is 14.8. The highest BCUT2D eigenvalue weighted by atomic mass is 16.5. The summed E-state index contributed by atoms with van der Waals surface area (Å²) in [5, 5.41) is 7.50. The van der Waals surface area contributed by atoms with Gasteiger partial charge < -0.3 is 15.0 Å². The maximum atomic E-state index is 12.7. The summed E-state index contributed by atoms with van der Waals surface area (Å²) in [6.45, 7) is 0.656. The summed E-state index contributed by atoms with van der Waals surface area (Å²) in [6, 6.07) is 11.2. The second-order valence-electron chi connectivity index (χ2n) is 7.23. The van der Waals surface area contributed by atoms with Crippen molar-refractivity contribution in [3.8, 4) is 5.75 Å². The van der Waals surface area contributed by atoms with Gasteiger partial charge in [0.1, 0.15) is 5.75 Å². The number of nitrogens with one attached hydrogen (secondary N) is 1. The molecule has 0 aliphatic carbocycles. The maximum Gasteiger partial charge on any atom is 0.317 e. The van der Waals surface area contributed by atoms with Crippen molar-refractivity contribution in [2.75, 3.05) is 13.7 Å². The third-order valence-electron chi connectivity index (χ3n) is 5.69. The molecule has 0 spiro atoms. The molecule has 2 fully saturated rings. The average molecular weight is 354 g/mol. The topological polar surface area (TPSA) is 59.4 Å². The quantitative estimate of drug-likeness (QED) is 0.898. The molecule has 2 amide bonds. The van der Waals surface area contributed by atoms with E-state index >= 15 is 0 Å². The Labute approximate surface area is 154 Å². The number of urea groups is 1. The summed E-state index contributed by atoms with van der Waals surface area (Å²) in [5.74, 6) is 0.856. The summed E-state index contributed by atoms with van der Waals surface area (Å²) in [5.41, 5.74) is 1.20. The molecule has 1 aromatic carbocycles. The number of hydrogen-bond donors (Lipinski definition) is 1. The molecule has 0 saturated carbocycles. The number of aromatic nitrogens is 2. The molecule has 26 heavy (non-hydrogen) atoms. The van der Waals surface area contributed by atoms with Crippen molar-refractivity contribution in [2.24, 2.45) is 0 Å². The number of fused-ring (bicyclic) bond motifs is 2. The van der Waals surface area contributed by atoms with Crippen LogP contribution in [0.3, 0.4) is 0 Å². The molecule has 6 nitrogen and oxygen atoms in total. The number of piperidine rings is 1. The van der Waals surface area contributed by atoms with E-state index in [4.69, 9.17) is 4.74 Å². The van der Waals surface area contributed by atoms with Crippen molar-refractivity contribution in [2.45, 2.75) is 50.2 Å². The van der Waals surface area contributed by atoms with Crippen LogP contribution in [0.2, 0.25) is 0 Å². The molecule has 3 heterocycles. The molecule has 2 atom stereocenters. The van der Waals surface area contributed by atoms with Crippen LogP contribution in [0, 0.1) is 0 Å². The van der Waals surface area contributed by atoms with Gasteiger partial charge >= 0.3 is 6.03 Å². The number of benzene rings is 1. The van der Waals surface area contributed by atoms with E-state index in [2.05, 4.69) is 20.0 Å². The summed E-state index contributed by atoms with van der Waals surface area (Å²) >= 11 is 0. The van der Waals surface area contributed by atoms with E-state index in [1.165, 1.54) is 5.56 Å². The number of amides is 2. The van der Waals surface area contributed by atoms with E-state index in [1.807, 2.05) is 42.7 Å². The first-order valence-corrected chi connectivity index (χ1v) is 9.43. The van der Waals surface area contributed by atoms with Crippen LogP contribution >= 0.6 is 0 Å². The Hall–Kier alpha value is -2.50. The number of rotatable bonds is 5. The van der Waals surface area contributed by atoms with Gasteiger partial charge in [0.05, 0.1) is 13.2 Å². The third kappa shape index (κ3) is 3.41. The van der Waals surface area contributed by atoms with Gasteiger partial charge in [-0.05, 0) is 55.9 Å². The molecule has 2 unspecified atom stereocenters. The van der Waals surface area contributed by atoms with Gasteiger partial charge in [-0.3, -0.25) is 4.68 Å². The van der Waals surface area contributed by atoms with E-state index in [0.717, 1.165) is 37.9 Å². The Morgan fingerprint density at radius 2 is 1.92 bits per heavy atom. The van der Waals surface area contributed by atoms with Gasteiger partial charge in [0.2, 0.25) is 0 Å². The van der Waals surface area contributed by atoms with Gasteiger partial charge in [-0.2, -0.15) is 5.10 Å². The smallest absolute Gasteiger partial charge is 0.317 e. The van der Waals surface area contributed by atoms with Gasteiger partial charge in [0.25, 0.3) is 0 Å². The van der Waals surface area contributed by atoms with Crippen molar-refractivity contribution in [1.82, 2.24) is 20.0 Å². The zero-order valence-electron chi connectivity index (χ0n) is 15.2. The third-order valence-corrected chi connectivity index (χ3v) is 5.69. The Morgan fingerprint density at radius 1 is 1.19 bits per heavy atom. The number of carbonyl (C=O) groups is 1. The lowest BCUT2D eigenvalue weighted by Crippen LogP contribution is -2.51. The lowest BCUT2D eigenvalue weighted by molar-refractivity contribution is 0.120. The predicted octanol–water partition coefficient (Wildman–Crippen LogP) is 3.01. The Kier molecular flexibility index (Phi) is 4.82. The Bertz CT molecular complexity index is 715. The molecule has 2 aliphatic rings. The molecule has 2 bridgehead atoms. The van der Waals surface area contributed by atoms with E-state index < -0.39 is 0 Å². The van der Waals surface area contributed by atoms with E-state index in [-0.39, 0.29) is 6.03 Å². The lowest BCUT2D eigenvalue weighted by atomic mass is 9.98. The monoisotopic (exact) mass is 354 g/mol. The first-order valence-electron chi connectivity index (χ1n) is 9.43. The number of methoxy groups -OCH3 is 1. The summed E-state index contributed by atoms with van der Waals surface area (Å²) < 4.78 is 7.23.